The molecule has 0 N–H and O–H groups in total. The van der Waals surface area contributed by atoms with Gasteiger partial charge in [-0.1, -0.05) is 55.4 Å². The minimum Gasteiger partial charge on any atom is -0.378 e. The maximum atomic E-state index is 6.29. The predicted octanol–water partition coefficient (Wildman–Crippen LogP) is 5.76. The zero-order chi connectivity index (χ0) is 19.4. The largest absolute Gasteiger partial charge is 0.378 e. The summed E-state index contributed by atoms with van der Waals surface area (Å²) in [6.07, 6.45) is 2.85. The molecule has 0 atom stereocenters. The molecule has 0 spiro atoms. The third-order valence-corrected chi connectivity index (χ3v) is 4.76. The van der Waals surface area contributed by atoms with E-state index in [2.05, 4.69) is 99.1 Å². The zero-order valence-electron chi connectivity index (χ0n) is 18.2. The molecule has 24 heavy (non-hydrogen) atoms. The Labute approximate surface area is 151 Å². The number of nitrogens with zero attached hydrogens (tertiary/aromatic N) is 2. The second-order valence-corrected chi connectivity index (χ2v) is 10.6. The monoisotopic (exact) mass is 338 g/mol. The smallest absolute Gasteiger partial charge is 0.0682 e. The predicted molar refractivity (Wildman–Crippen MR) is 108 cm³/mol. The van der Waals surface area contributed by atoms with Gasteiger partial charge in [0, 0.05) is 26.2 Å². The van der Waals surface area contributed by atoms with Crippen LogP contribution in [0, 0.1) is 16.2 Å². The van der Waals surface area contributed by atoms with E-state index >= 15 is 0 Å². The first kappa shape index (κ1) is 23.2. The minimum atomic E-state index is -0.266. The van der Waals surface area contributed by atoms with Crippen LogP contribution >= 0.6 is 0 Å². The Morgan fingerprint density at radius 1 is 1.00 bits per heavy atom. The van der Waals surface area contributed by atoms with Crippen molar-refractivity contribution in [2.75, 3.05) is 20.2 Å². The van der Waals surface area contributed by atoms with E-state index in [4.69, 9.17) is 4.74 Å². The van der Waals surface area contributed by atoms with Gasteiger partial charge in [-0.3, -0.25) is 4.99 Å². The summed E-state index contributed by atoms with van der Waals surface area (Å²) in [4.78, 5) is 6.42. The summed E-state index contributed by atoms with van der Waals surface area (Å²) in [6, 6.07) is 0. The lowest BCUT2D eigenvalue weighted by atomic mass is 9.70. The normalized spacial score (nSPS) is 14.7. The van der Waals surface area contributed by atoms with Gasteiger partial charge in [0.1, 0.15) is 0 Å². The summed E-state index contributed by atoms with van der Waals surface area (Å²) in [5.41, 5.74) is 1.27. The lowest BCUT2D eigenvalue weighted by Crippen LogP contribution is -2.38. The molecule has 3 heteroatoms. The fraction of sp³-hybridized carbons (Fsp3) is 0.857. The molecular weight excluding hydrogens is 296 g/mol. The van der Waals surface area contributed by atoms with Crippen LogP contribution in [0.2, 0.25) is 0 Å². The molecule has 0 aliphatic rings. The van der Waals surface area contributed by atoms with E-state index in [1.54, 1.807) is 0 Å². The first-order chi connectivity index (χ1) is 10.5. The third kappa shape index (κ3) is 8.86. The van der Waals surface area contributed by atoms with Gasteiger partial charge in [-0.05, 0) is 36.8 Å². The molecule has 0 rings (SSSR count). The van der Waals surface area contributed by atoms with Gasteiger partial charge in [0.05, 0.1) is 17.9 Å². The molecule has 0 aliphatic heterocycles. The van der Waals surface area contributed by atoms with Gasteiger partial charge in [0.25, 0.3) is 0 Å². The van der Waals surface area contributed by atoms with E-state index in [0.29, 0.717) is 0 Å². The summed E-state index contributed by atoms with van der Waals surface area (Å²) in [7, 11) is 2.09. The Kier molecular flexibility index (Phi) is 7.75. The van der Waals surface area contributed by atoms with E-state index < -0.39 is 0 Å². The number of hydrogen-bond donors (Lipinski definition) is 0. The summed E-state index contributed by atoms with van der Waals surface area (Å²) in [5.74, 6) is 0. The Morgan fingerprint density at radius 3 is 1.88 bits per heavy atom. The van der Waals surface area contributed by atoms with Gasteiger partial charge in [-0.2, -0.15) is 0 Å². The van der Waals surface area contributed by atoms with Crippen molar-refractivity contribution in [1.82, 2.24) is 4.90 Å². The van der Waals surface area contributed by atoms with Crippen LogP contribution in [0.25, 0.3) is 0 Å². The lowest BCUT2D eigenvalue weighted by Gasteiger charge is -2.41. The fourth-order valence-electron chi connectivity index (χ4n) is 2.27. The highest BCUT2D eigenvalue weighted by Crippen LogP contribution is 2.39. The molecule has 0 heterocycles. The van der Waals surface area contributed by atoms with Crippen molar-refractivity contribution in [2.45, 2.75) is 81.3 Å². The van der Waals surface area contributed by atoms with E-state index in [1.807, 2.05) is 0 Å². The van der Waals surface area contributed by atoms with Gasteiger partial charge >= 0.3 is 0 Å². The quantitative estimate of drug-likeness (QED) is 0.525. The summed E-state index contributed by atoms with van der Waals surface area (Å²) >= 11 is 0. The van der Waals surface area contributed by atoms with Crippen molar-refractivity contribution < 1.29 is 4.74 Å². The van der Waals surface area contributed by atoms with Crippen LogP contribution in [0.5, 0.6) is 0 Å². The molecule has 0 fully saturated rings. The standard InChI is InChI=1S/C21H42N2O/c1-18(2,3)15-23(12)14-17(22-11)13-21(9,10)24-16-20(7,8)19(4,5)6/h14H,11,13,15-16H2,1-10,12H3/b17-14-. The van der Waals surface area contributed by atoms with Crippen LogP contribution in [0.4, 0.5) is 0 Å². The second kappa shape index (κ2) is 8.03. The second-order valence-electron chi connectivity index (χ2n) is 10.6. The van der Waals surface area contributed by atoms with Gasteiger partial charge in [0.15, 0.2) is 0 Å². The first-order valence-corrected chi connectivity index (χ1v) is 9.01. The number of rotatable bonds is 8. The molecule has 142 valence electrons. The van der Waals surface area contributed by atoms with Crippen molar-refractivity contribution in [3.63, 3.8) is 0 Å². The molecular formula is C21H42N2O. The van der Waals surface area contributed by atoms with E-state index in [-0.39, 0.29) is 21.8 Å². The average molecular weight is 339 g/mol. The molecule has 0 amide bonds. The maximum Gasteiger partial charge on any atom is 0.0682 e. The van der Waals surface area contributed by atoms with Crippen LogP contribution in [0.1, 0.15) is 75.7 Å². The van der Waals surface area contributed by atoms with Crippen molar-refractivity contribution in [3.8, 4) is 0 Å². The highest BCUT2D eigenvalue weighted by molar-refractivity contribution is 5.29. The molecule has 0 unspecified atom stereocenters. The number of aliphatic imine (C=N–C) groups is 1. The van der Waals surface area contributed by atoms with Crippen molar-refractivity contribution >= 4 is 6.72 Å². The van der Waals surface area contributed by atoms with Gasteiger partial charge in [-0.15, -0.1) is 0 Å². The van der Waals surface area contributed by atoms with E-state index in [1.165, 1.54) is 0 Å². The van der Waals surface area contributed by atoms with Crippen molar-refractivity contribution in [3.05, 3.63) is 11.9 Å². The molecule has 0 aromatic rings. The Morgan fingerprint density at radius 2 is 1.50 bits per heavy atom. The Balaban J connectivity index is 4.90. The van der Waals surface area contributed by atoms with Crippen molar-refractivity contribution in [1.29, 1.82) is 0 Å². The SMILES string of the molecule is C=N/C(=C\N(C)CC(C)(C)C)CC(C)(C)OCC(C)(C)C(C)(C)C. The highest BCUT2D eigenvalue weighted by atomic mass is 16.5. The molecule has 0 aromatic heterocycles. The topological polar surface area (TPSA) is 24.8 Å². The summed E-state index contributed by atoms with van der Waals surface area (Å²) < 4.78 is 6.29. The molecule has 3 nitrogen and oxygen atoms in total. The highest BCUT2D eigenvalue weighted by Gasteiger charge is 2.35. The molecule has 0 radical (unpaired) electrons. The number of hydrogen-bond acceptors (Lipinski definition) is 3. The van der Waals surface area contributed by atoms with Crippen LogP contribution in [-0.4, -0.2) is 37.4 Å². The number of ether oxygens (including phenoxy) is 1. The average Bonchev–Trinajstić information content (AvgIpc) is 2.32. The van der Waals surface area contributed by atoms with Crippen LogP contribution < -0.4 is 0 Å². The van der Waals surface area contributed by atoms with Crippen LogP contribution in [0.3, 0.4) is 0 Å². The van der Waals surface area contributed by atoms with Crippen LogP contribution in [0.15, 0.2) is 16.9 Å². The summed E-state index contributed by atoms with van der Waals surface area (Å²) in [6.45, 7) is 27.8. The lowest BCUT2D eigenvalue weighted by molar-refractivity contribution is -0.0823. The zero-order valence-corrected chi connectivity index (χ0v) is 18.2. The van der Waals surface area contributed by atoms with Gasteiger partial charge in [0.2, 0.25) is 0 Å². The molecule has 0 aromatic carbocycles. The molecule has 0 saturated carbocycles. The van der Waals surface area contributed by atoms with Gasteiger partial charge < -0.3 is 9.64 Å². The molecule has 0 bridgehead atoms. The Hall–Kier alpha value is -0.830. The van der Waals surface area contributed by atoms with Crippen LogP contribution in [-0.2, 0) is 4.74 Å². The maximum absolute atomic E-state index is 6.29. The van der Waals surface area contributed by atoms with Gasteiger partial charge in [-0.25, -0.2) is 0 Å². The van der Waals surface area contributed by atoms with E-state index in [9.17, 15) is 0 Å². The third-order valence-electron chi connectivity index (χ3n) is 4.76. The van der Waals surface area contributed by atoms with E-state index in [0.717, 1.165) is 25.3 Å². The van der Waals surface area contributed by atoms with Crippen molar-refractivity contribution in [2.24, 2.45) is 21.2 Å². The molecule has 0 aliphatic carbocycles. The Bertz CT molecular complexity index is 434. The minimum absolute atomic E-state index is 0.110. The molecule has 0 saturated heterocycles. The summed E-state index contributed by atoms with van der Waals surface area (Å²) in [5, 5.41) is 0. The first-order valence-electron chi connectivity index (χ1n) is 9.01. The fourth-order valence-corrected chi connectivity index (χ4v) is 2.27.